The SMILES string of the molecule is COc1cccc([C@H]2C[C@@H](c3ccc(Cl)cc3Cl)Nc3nc(N)nn32)c1. The van der Waals surface area contributed by atoms with Crippen LogP contribution in [0.5, 0.6) is 5.75 Å². The molecule has 1 aromatic heterocycles. The van der Waals surface area contributed by atoms with Crippen molar-refractivity contribution in [3.63, 3.8) is 0 Å². The van der Waals surface area contributed by atoms with Gasteiger partial charge in [-0.25, -0.2) is 4.68 Å². The van der Waals surface area contributed by atoms with Gasteiger partial charge in [-0.1, -0.05) is 41.4 Å². The summed E-state index contributed by atoms with van der Waals surface area (Å²) in [5, 5.41) is 8.94. The predicted octanol–water partition coefficient (Wildman–Crippen LogP) is 4.32. The van der Waals surface area contributed by atoms with Crippen molar-refractivity contribution in [3.8, 4) is 5.75 Å². The van der Waals surface area contributed by atoms with E-state index in [9.17, 15) is 0 Å². The van der Waals surface area contributed by atoms with Gasteiger partial charge in [-0.3, -0.25) is 0 Å². The number of nitrogens with two attached hydrogens (primary N) is 1. The lowest BCUT2D eigenvalue weighted by Crippen LogP contribution is -2.28. The van der Waals surface area contributed by atoms with Crippen LogP contribution in [0.25, 0.3) is 0 Å². The molecule has 2 atom stereocenters. The summed E-state index contributed by atoms with van der Waals surface area (Å²) in [7, 11) is 1.65. The molecule has 0 amide bonds. The van der Waals surface area contributed by atoms with E-state index in [-0.39, 0.29) is 18.0 Å². The highest BCUT2D eigenvalue weighted by Crippen LogP contribution is 2.40. The molecule has 0 radical (unpaired) electrons. The van der Waals surface area contributed by atoms with Crippen LogP contribution in [0.3, 0.4) is 0 Å². The second-order valence-corrected chi connectivity index (χ2v) is 6.97. The first-order chi connectivity index (χ1) is 12.5. The van der Waals surface area contributed by atoms with Gasteiger partial charge in [0.05, 0.1) is 19.2 Å². The van der Waals surface area contributed by atoms with Gasteiger partial charge in [0.1, 0.15) is 5.75 Å². The Balaban J connectivity index is 1.77. The van der Waals surface area contributed by atoms with Gasteiger partial charge in [0.25, 0.3) is 0 Å². The maximum Gasteiger partial charge on any atom is 0.241 e. The Labute approximate surface area is 160 Å². The number of fused-ring (bicyclic) bond motifs is 1. The molecule has 0 saturated carbocycles. The molecule has 0 unspecified atom stereocenters. The molecular weight excluding hydrogens is 373 g/mol. The van der Waals surface area contributed by atoms with Crippen LogP contribution >= 0.6 is 23.2 Å². The number of ether oxygens (including phenoxy) is 1. The van der Waals surface area contributed by atoms with Crippen LogP contribution in [0, 0.1) is 0 Å². The fraction of sp³-hybridized carbons (Fsp3) is 0.222. The predicted molar refractivity (Wildman–Crippen MR) is 103 cm³/mol. The zero-order valence-electron chi connectivity index (χ0n) is 14.0. The Morgan fingerprint density at radius 1 is 1.23 bits per heavy atom. The molecule has 3 aromatic rings. The topological polar surface area (TPSA) is 78.0 Å². The smallest absolute Gasteiger partial charge is 0.241 e. The fourth-order valence-electron chi connectivity index (χ4n) is 3.31. The Kier molecular flexibility index (Phi) is 4.38. The summed E-state index contributed by atoms with van der Waals surface area (Å²) >= 11 is 12.5. The molecule has 0 fully saturated rings. The Bertz CT molecular complexity index is 959. The van der Waals surface area contributed by atoms with Crippen molar-refractivity contribution in [1.82, 2.24) is 14.8 Å². The van der Waals surface area contributed by atoms with Gasteiger partial charge in [-0.15, -0.1) is 5.10 Å². The molecule has 0 bridgehead atoms. The van der Waals surface area contributed by atoms with Gasteiger partial charge < -0.3 is 15.8 Å². The maximum atomic E-state index is 6.42. The molecule has 4 rings (SSSR count). The van der Waals surface area contributed by atoms with Crippen LogP contribution in [0.15, 0.2) is 42.5 Å². The maximum absolute atomic E-state index is 6.42. The van der Waals surface area contributed by atoms with Crippen LogP contribution < -0.4 is 15.8 Å². The zero-order valence-corrected chi connectivity index (χ0v) is 15.5. The first-order valence-electron chi connectivity index (χ1n) is 8.12. The number of halogens is 2. The highest BCUT2D eigenvalue weighted by Gasteiger charge is 2.32. The van der Waals surface area contributed by atoms with E-state index in [1.165, 1.54) is 0 Å². The van der Waals surface area contributed by atoms with E-state index in [2.05, 4.69) is 15.4 Å². The van der Waals surface area contributed by atoms with Crippen LogP contribution in [0.4, 0.5) is 11.9 Å². The minimum absolute atomic E-state index is 0.0490. The highest BCUT2D eigenvalue weighted by molar-refractivity contribution is 6.35. The van der Waals surface area contributed by atoms with Crippen LogP contribution in [0.1, 0.15) is 29.6 Å². The molecule has 2 aromatic carbocycles. The standard InChI is InChI=1S/C18H17Cl2N5O/c1-26-12-4-2-3-10(7-12)16-9-15(13-6-5-11(19)8-14(13)20)22-18-23-17(21)24-25(16)18/h2-8,15-16H,9H2,1H3,(H3,21,22,23,24)/t15-,16+/m0/s1. The third kappa shape index (κ3) is 3.06. The minimum atomic E-state index is -0.0529. The number of rotatable bonds is 3. The number of nitrogen functional groups attached to an aromatic ring is 1. The second kappa shape index (κ2) is 6.70. The summed E-state index contributed by atoms with van der Waals surface area (Å²) in [6.07, 6.45) is 0.727. The van der Waals surface area contributed by atoms with Crippen LogP contribution in [0.2, 0.25) is 10.0 Å². The Morgan fingerprint density at radius 3 is 2.85 bits per heavy atom. The van der Waals surface area contributed by atoms with E-state index in [1.807, 2.05) is 41.1 Å². The number of nitrogens with zero attached hydrogens (tertiary/aromatic N) is 3. The van der Waals surface area contributed by atoms with E-state index in [0.717, 1.165) is 23.3 Å². The molecule has 1 aliphatic heterocycles. The third-order valence-corrected chi connectivity index (χ3v) is 5.08. The first kappa shape index (κ1) is 17.0. The van der Waals surface area contributed by atoms with E-state index >= 15 is 0 Å². The van der Waals surface area contributed by atoms with Gasteiger partial charge in [-0.2, -0.15) is 4.98 Å². The van der Waals surface area contributed by atoms with Crippen molar-refractivity contribution in [2.24, 2.45) is 0 Å². The van der Waals surface area contributed by atoms with Crippen LogP contribution in [-0.2, 0) is 0 Å². The van der Waals surface area contributed by atoms with Crippen molar-refractivity contribution in [3.05, 3.63) is 63.6 Å². The molecule has 0 aliphatic carbocycles. The minimum Gasteiger partial charge on any atom is -0.497 e. The molecule has 0 saturated heterocycles. The highest BCUT2D eigenvalue weighted by atomic mass is 35.5. The van der Waals surface area contributed by atoms with Gasteiger partial charge in [0.15, 0.2) is 0 Å². The summed E-state index contributed by atoms with van der Waals surface area (Å²) in [5.74, 6) is 1.62. The van der Waals surface area contributed by atoms with E-state index in [0.29, 0.717) is 16.0 Å². The number of anilines is 2. The summed E-state index contributed by atoms with van der Waals surface area (Å²) in [6.45, 7) is 0. The zero-order chi connectivity index (χ0) is 18.3. The lowest BCUT2D eigenvalue weighted by Gasteiger charge is -2.32. The summed E-state index contributed by atoms with van der Waals surface area (Å²) in [4.78, 5) is 4.31. The van der Waals surface area contributed by atoms with Gasteiger partial charge in [0.2, 0.25) is 11.9 Å². The molecule has 134 valence electrons. The molecule has 3 N–H and O–H groups in total. The van der Waals surface area contributed by atoms with Gasteiger partial charge in [0, 0.05) is 10.0 Å². The number of aromatic nitrogens is 3. The summed E-state index contributed by atoms with van der Waals surface area (Å²) in [6, 6.07) is 13.3. The quantitative estimate of drug-likeness (QED) is 0.697. The fourth-order valence-corrected chi connectivity index (χ4v) is 3.85. The average molecular weight is 390 g/mol. The van der Waals surface area contributed by atoms with E-state index < -0.39 is 0 Å². The number of benzene rings is 2. The normalized spacial score (nSPS) is 18.9. The number of methoxy groups -OCH3 is 1. The molecule has 0 spiro atoms. The molecule has 8 heteroatoms. The van der Waals surface area contributed by atoms with Crippen molar-refractivity contribution < 1.29 is 4.74 Å². The van der Waals surface area contributed by atoms with Crippen molar-refractivity contribution in [2.75, 3.05) is 18.2 Å². The molecule has 2 heterocycles. The first-order valence-corrected chi connectivity index (χ1v) is 8.88. The Hall–Kier alpha value is -2.44. The van der Waals surface area contributed by atoms with Crippen molar-refractivity contribution in [1.29, 1.82) is 0 Å². The van der Waals surface area contributed by atoms with Crippen molar-refractivity contribution >= 4 is 35.1 Å². The van der Waals surface area contributed by atoms with E-state index in [4.69, 9.17) is 33.7 Å². The lowest BCUT2D eigenvalue weighted by atomic mass is 9.93. The van der Waals surface area contributed by atoms with E-state index in [1.54, 1.807) is 13.2 Å². The van der Waals surface area contributed by atoms with Gasteiger partial charge in [-0.05, 0) is 41.8 Å². The number of hydrogen-bond donors (Lipinski definition) is 2. The average Bonchev–Trinajstić information content (AvgIpc) is 3.01. The largest absolute Gasteiger partial charge is 0.497 e. The number of nitrogens with one attached hydrogen (secondary N) is 1. The molecule has 6 nitrogen and oxygen atoms in total. The van der Waals surface area contributed by atoms with Crippen molar-refractivity contribution in [2.45, 2.75) is 18.5 Å². The molecule has 1 aliphatic rings. The van der Waals surface area contributed by atoms with Crippen LogP contribution in [-0.4, -0.2) is 21.9 Å². The summed E-state index contributed by atoms with van der Waals surface area (Å²) in [5.41, 5.74) is 7.85. The lowest BCUT2D eigenvalue weighted by molar-refractivity contribution is 0.407. The summed E-state index contributed by atoms with van der Waals surface area (Å²) < 4.78 is 7.17. The molecule has 26 heavy (non-hydrogen) atoms. The Morgan fingerprint density at radius 2 is 2.08 bits per heavy atom. The molecular formula is C18H17Cl2N5O. The van der Waals surface area contributed by atoms with Gasteiger partial charge >= 0.3 is 0 Å². The number of hydrogen-bond acceptors (Lipinski definition) is 5. The second-order valence-electron chi connectivity index (χ2n) is 6.13. The monoisotopic (exact) mass is 389 g/mol. The third-order valence-electron chi connectivity index (χ3n) is 4.52.